The van der Waals surface area contributed by atoms with Gasteiger partial charge in [-0.1, -0.05) is 19.8 Å². The van der Waals surface area contributed by atoms with Gasteiger partial charge in [-0.05, 0) is 43.4 Å². The lowest BCUT2D eigenvalue weighted by Crippen LogP contribution is -2.34. The van der Waals surface area contributed by atoms with E-state index in [-0.39, 0.29) is 22.1 Å². The second-order valence-electron chi connectivity index (χ2n) is 5.78. The molecule has 1 atom stereocenters. The smallest absolute Gasteiger partial charge is 0.240 e. The van der Waals surface area contributed by atoms with E-state index in [2.05, 4.69) is 4.72 Å². The Bertz CT molecular complexity index is 612. The predicted molar refractivity (Wildman–Crippen MR) is 78.8 cm³/mol. The van der Waals surface area contributed by atoms with Crippen LogP contribution < -0.4 is 4.72 Å². The van der Waals surface area contributed by atoms with Gasteiger partial charge in [0, 0.05) is 11.6 Å². The maximum absolute atomic E-state index is 13.7. The number of nitrogens with one attached hydrogen (secondary N) is 1. The predicted octanol–water partition coefficient (Wildman–Crippen LogP) is 2.48. The van der Waals surface area contributed by atoms with Crippen LogP contribution >= 0.6 is 0 Å². The van der Waals surface area contributed by atoms with Crippen LogP contribution in [0.2, 0.25) is 0 Å². The SMILES string of the molecule is CCC(CC1CC1)NS(=O)(=O)c1cc(C)c(F)c(CO)c1. The van der Waals surface area contributed by atoms with Gasteiger partial charge in [0.1, 0.15) is 5.82 Å². The number of aryl methyl sites for hydroxylation is 1. The van der Waals surface area contributed by atoms with Gasteiger partial charge in [0.25, 0.3) is 0 Å². The van der Waals surface area contributed by atoms with E-state index in [4.69, 9.17) is 5.11 Å². The van der Waals surface area contributed by atoms with E-state index in [1.54, 1.807) is 0 Å². The molecular formula is C15H22FNO3S. The van der Waals surface area contributed by atoms with Crippen LogP contribution in [-0.2, 0) is 16.6 Å². The van der Waals surface area contributed by atoms with Gasteiger partial charge < -0.3 is 5.11 Å². The van der Waals surface area contributed by atoms with Gasteiger partial charge in [-0.3, -0.25) is 0 Å². The third-order valence-corrected chi connectivity index (χ3v) is 5.41. The molecule has 0 radical (unpaired) electrons. The molecule has 2 rings (SSSR count). The number of aliphatic hydroxyl groups is 1. The van der Waals surface area contributed by atoms with E-state index in [1.165, 1.54) is 31.9 Å². The van der Waals surface area contributed by atoms with Crippen LogP contribution in [0.5, 0.6) is 0 Å². The first-order valence-corrected chi connectivity index (χ1v) is 8.78. The average molecular weight is 315 g/mol. The Balaban J connectivity index is 2.23. The van der Waals surface area contributed by atoms with E-state index >= 15 is 0 Å². The van der Waals surface area contributed by atoms with Crippen molar-refractivity contribution in [1.82, 2.24) is 4.72 Å². The molecule has 0 saturated heterocycles. The van der Waals surface area contributed by atoms with Crippen molar-refractivity contribution in [3.05, 3.63) is 29.1 Å². The summed E-state index contributed by atoms with van der Waals surface area (Å²) in [4.78, 5) is 0.0136. The zero-order valence-electron chi connectivity index (χ0n) is 12.4. The van der Waals surface area contributed by atoms with E-state index in [0.29, 0.717) is 5.92 Å². The number of sulfonamides is 1. The Morgan fingerprint density at radius 1 is 1.43 bits per heavy atom. The lowest BCUT2D eigenvalue weighted by Gasteiger charge is -2.17. The third kappa shape index (κ3) is 4.02. The van der Waals surface area contributed by atoms with Crippen molar-refractivity contribution < 1.29 is 17.9 Å². The van der Waals surface area contributed by atoms with Crippen LogP contribution in [0.4, 0.5) is 4.39 Å². The first kappa shape index (κ1) is 16.4. The number of aliphatic hydroxyl groups excluding tert-OH is 1. The number of benzene rings is 1. The van der Waals surface area contributed by atoms with Gasteiger partial charge in [-0.25, -0.2) is 17.5 Å². The standard InChI is InChI=1S/C15H22FNO3S/c1-3-13(7-11-4-5-11)17-21(19,20)14-6-10(2)15(16)12(8-14)9-18/h6,8,11,13,17-18H,3-5,7,9H2,1-2H3. The van der Waals surface area contributed by atoms with E-state index in [9.17, 15) is 12.8 Å². The Hall–Kier alpha value is -0.980. The summed E-state index contributed by atoms with van der Waals surface area (Å²) in [5.74, 6) is 0.0714. The Morgan fingerprint density at radius 3 is 2.62 bits per heavy atom. The topological polar surface area (TPSA) is 66.4 Å². The number of hydrogen-bond donors (Lipinski definition) is 2. The summed E-state index contributed by atoms with van der Waals surface area (Å²) >= 11 is 0. The molecule has 1 aliphatic rings. The van der Waals surface area contributed by atoms with Crippen molar-refractivity contribution in [1.29, 1.82) is 0 Å². The highest BCUT2D eigenvalue weighted by molar-refractivity contribution is 7.89. The molecule has 1 saturated carbocycles. The first-order valence-electron chi connectivity index (χ1n) is 7.29. The fourth-order valence-corrected chi connectivity index (χ4v) is 3.89. The van der Waals surface area contributed by atoms with Gasteiger partial charge in [-0.15, -0.1) is 0 Å². The van der Waals surface area contributed by atoms with Crippen LogP contribution in [0, 0.1) is 18.7 Å². The maximum Gasteiger partial charge on any atom is 0.240 e. The van der Waals surface area contributed by atoms with Gasteiger partial charge in [0.15, 0.2) is 0 Å². The second kappa shape index (κ2) is 6.42. The summed E-state index contributed by atoms with van der Waals surface area (Å²) < 4.78 is 41.2. The summed E-state index contributed by atoms with van der Waals surface area (Å²) in [6.45, 7) is 2.93. The van der Waals surface area contributed by atoms with Gasteiger partial charge >= 0.3 is 0 Å². The highest BCUT2D eigenvalue weighted by atomic mass is 32.2. The highest BCUT2D eigenvalue weighted by Crippen LogP contribution is 2.34. The summed E-state index contributed by atoms with van der Waals surface area (Å²) in [5, 5.41) is 9.13. The number of hydrogen-bond acceptors (Lipinski definition) is 3. The fraction of sp³-hybridized carbons (Fsp3) is 0.600. The van der Waals surface area contributed by atoms with Gasteiger partial charge in [0.05, 0.1) is 11.5 Å². The van der Waals surface area contributed by atoms with E-state index < -0.39 is 22.4 Å². The van der Waals surface area contributed by atoms with Crippen LogP contribution in [0.1, 0.15) is 43.7 Å². The molecule has 2 N–H and O–H groups in total. The number of halogens is 1. The van der Waals surface area contributed by atoms with Crippen molar-refractivity contribution in [3.8, 4) is 0 Å². The zero-order chi connectivity index (χ0) is 15.6. The van der Waals surface area contributed by atoms with Crippen molar-refractivity contribution >= 4 is 10.0 Å². The summed E-state index contributed by atoms with van der Waals surface area (Å²) in [6, 6.07) is 2.42. The van der Waals surface area contributed by atoms with Crippen molar-refractivity contribution in [2.24, 2.45) is 5.92 Å². The van der Waals surface area contributed by atoms with Crippen LogP contribution in [0.3, 0.4) is 0 Å². The summed E-state index contributed by atoms with van der Waals surface area (Å²) in [5.41, 5.74) is 0.225. The first-order chi connectivity index (χ1) is 9.87. The lowest BCUT2D eigenvalue weighted by atomic mass is 10.1. The molecule has 0 amide bonds. The molecule has 118 valence electrons. The van der Waals surface area contributed by atoms with Crippen LogP contribution in [-0.4, -0.2) is 19.6 Å². The molecule has 6 heteroatoms. The Morgan fingerprint density at radius 2 is 2.10 bits per heavy atom. The molecule has 21 heavy (non-hydrogen) atoms. The van der Waals surface area contributed by atoms with Crippen LogP contribution in [0.25, 0.3) is 0 Å². The molecule has 4 nitrogen and oxygen atoms in total. The van der Waals surface area contributed by atoms with E-state index in [1.807, 2.05) is 6.92 Å². The average Bonchev–Trinajstić information content (AvgIpc) is 3.24. The molecule has 1 unspecified atom stereocenters. The summed E-state index contributed by atoms with van der Waals surface area (Å²) in [6.07, 6.45) is 3.91. The minimum atomic E-state index is -3.69. The lowest BCUT2D eigenvalue weighted by molar-refractivity contribution is 0.275. The summed E-state index contributed by atoms with van der Waals surface area (Å²) in [7, 11) is -3.69. The van der Waals surface area contributed by atoms with Crippen molar-refractivity contribution in [2.45, 2.75) is 57.1 Å². The Kier molecular flexibility index (Phi) is 5.01. The minimum absolute atomic E-state index is 0.00520. The third-order valence-electron chi connectivity index (χ3n) is 3.91. The molecule has 1 fully saturated rings. The van der Waals surface area contributed by atoms with Gasteiger partial charge in [0.2, 0.25) is 10.0 Å². The largest absolute Gasteiger partial charge is 0.392 e. The molecular weight excluding hydrogens is 293 g/mol. The number of rotatable bonds is 7. The van der Waals surface area contributed by atoms with Gasteiger partial charge in [-0.2, -0.15) is 0 Å². The minimum Gasteiger partial charge on any atom is -0.392 e. The van der Waals surface area contributed by atoms with Crippen LogP contribution in [0.15, 0.2) is 17.0 Å². The highest BCUT2D eigenvalue weighted by Gasteiger charge is 2.28. The molecule has 0 heterocycles. The second-order valence-corrected chi connectivity index (χ2v) is 7.49. The van der Waals surface area contributed by atoms with E-state index in [0.717, 1.165) is 12.8 Å². The molecule has 0 spiro atoms. The molecule has 1 aliphatic carbocycles. The quantitative estimate of drug-likeness (QED) is 0.812. The monoisotopic (exact) mass is 315 g/mol. The zero-order valence-corrected chi connectivity index (χ0v) is 13.2. The molecule has 0 aromatic heterocycles. The van der Waals surface area contributed by atoms with Crippen molar-refractivity contribution in [3.63, 3.8) is 0 Å². The normalized spacial score (nSPS) is 17.0. The molecule has 1 aromatic rings. The molecule has 0 bridgehead atoms. The molecule has 1 aromatic carbocycles. The fourth-order valence-electron chi connectivity index (χ4n) is 2.42. The Labute approximate surface area is 125 Å². The van der Waals surface area contributed by atoms with Crippen molar-refractivity contribution in [2.75, 3.05) is 0 Å². The molecule has 0 aliphatic heterocycles. The maximum atomic E-state index is 13.7.